The highest BCUT2D eigenvalue weighted by molar-refractivity contribution is 7.92. The first-order valence-electron chi connectivity index (χ1n) is 7.56. The summed E-state index contributed by atoms with van der Waals surface area (Å²) in [4.78, 5) is 11.1. The summed E-state index contributed by atoms with van der Waals surface area (Å²) in [5, 5.41) is 10.1. The van der Waals surface area contributed by atoms with Crippen molar-refractivity contribution in [2.45, 2.75) is 4.90 Å². The summed E-state index contributed by atoms with van der Waals surface area (Å²) in [6.45, 7) is -0.719. The zero-order valence-corrected chi connectivity index (χ0v) is 15.8. The number of halogens is 1. The van der Waals surface area contributed by atoms with Crippen LogP contribution < -0.4 is 18.5 Å². The van der Waals surface area contributed by atoms with Crippen LogP contribution in [0.5, 0.6) is 11.5 Å². The molecule has 150 valence electrons. The number of hydrogen-bond donors (Lipinski definition) is 3. The van der Waals surface area contributed by atoms with Crippen molar-refractivity contribution < 1.29 is 35.9 Å². The van der Waals surface area contributed by atoms with E-state index in [0.29, 0.717) is 16.1 Å². The molecule has 0 bridgehead atoms. The summed E-state index contributed by atoms with van der Waals surface area (Å²) in [5.74, 6) is -2.58. The van der Waals surface area contributed by atoms with E-state index in [2.05, 4.69) is 4.72 Å². The maximum absolute atomic E-state index is 14.5. The molecule has 0 radical (unpaired) electrons. The van der Waals surface area contributed by atoms with E-state index >= 15 is 0 Å². The number of ether oxygens (including phenoxy) is 1. The van der Waals surface area contributed by atoms with Gasteiger partial charge in [-0.15, -0.1) is 0 Å². The molecule has 0 atom stereocenters. The van der Waals surface area contributed by atoms with Gasteiger partial charge in [0, 0.05) is 12.1 Å². The van der Waals surface area contributed by atoms with Crippen LogP contribution in [-0.4, -0.2) is 41.5 Å². The van der Waals surface area contributed by atoms with Gasteiger partial charge in [-0.2, -0.15) is 8.42 Å². The Morgan fingerprint density at radius 2 is 1.89 bits per heavy atom. The molecule has 1 fully saturated rings. The summed E-state index contributed by atoms with van der Waals surface area (Å²) in [5.41, 5.74) is -1.11. The number of nitrogens with one attached hydrogen (secondary N) is 2. The zero-order chi connectivity index (χ0) is 20.7. The van der Waals surface area contributed by atoms with Gasteiger partial charge in [0.1, 0.15) is 23.7 Å². The lowest BCUT2D eigenvalue weighted by atomic mass is 10.2. The van der Waals surface area contributed by atoms with E-state index < -0.39 is 49.9 Å². The van der Waals surface area contributed by atoms with Crippen molar-refractivity contribution in [1.82, 2.24) is 4.72 Å². The number of anilines is 2. The Bertz CT molecular complexity index is 1130. The predicted molar refractivity (Wildman–Crippen MR) is 96.3 cm³/mol. The van der Waals surface area contributed by atoms with Gasteiger partial charge in [0.2, 0.25) is 0 Å². The number of rotatable bonds is 5. The van der Waals surface area contributed by atoms with Crippen LogP contribution in [0.25, 0.3) is 0 Å². The molecule has 3 rings (SSSR count). The molecule has 13 heteroatoms. The summed E-state index contributed by atoms with van der Waals surface area (Å²) in [6.07, 6.45) is 0. The van der Waals surface area contributed by atoms with Gasteiger partial charge >= 0.3 is 10.2 Å². The lowest BCUT2D eigenvalue weighted by molar-refractivity contribution is -0.117. The van der Waals surface area contributed by atoms with Crippen LogP contribution in [0.2, 0.25) is 0 Å². The minimum atomic E-state index is -4.35. The van der Waals surface area contributed by atoms with Gasteiger partial charge < -0.3 is 9.84 Å². The van der Waals surface area contributed by atoms with Gasteiger partial charge in [0.25, 0.3) is 15.9 Å². The smallest absolute Gasteiger partial charge is 0.326 e. The minimum Gasteiger partial charge on any atom is -0.506 e. The van der Waals surface area contributed by atoms with Crippen LogP contribution in [0.3, 0.4) is 0 Å². The number of sulfonamides is 1. The Morgan fingerprint density at radius 1 is 1.25 bits per heavy atom. The molecule has 28 heavy (non-hydrogen) atoms. The normalized spacial score (nSPS) is 15.9. The number of phenols is 1. The number of amides is 1. The third-order valence-corrected chi connectivity index (χ3v) is 6.51. The molecule has 0 spiro atoms. The van der Waals surface area contributed by atoms with E-state index in [1.165, 1.54) is 31.4 Å². The van der Waals surface area contributed by atoms with Crippen LogP contribution in [-0.2, 0) is 25.0 Å². The van der Waals surface area contributed by atoms with Crippen LogP contribution in [0.15, 0.2) is 41.3 Å². The van der Waals surface area contributed by atoms with Crippen molar-refractivity contribution in [3.05, 3.63) is 42.2 Å². The topological polar surface area (TPSA) is 142 Å². The predicted octanol–water partition coefficient (Wildman–Crippen LogP) is 0.522. The lowest BCUT2D eigenvalue weighted by Crippen LogP contribution is -2.30. The van der Waals surface area contributed by atoms with Gasteiger partial charge in [-0.1, -0.05) is 0 Å². The summed E-state index contributed by atoms with van der Waals surface area (Å²) >= 11 is 0. The van der Waals surface area contributed by atoms with Crippen LogP contribution in [0, 0.1) is 5.82 Å². The van der Waals surface area contributed by atoms with E-state index in [0.717, 1.165) is 6.07 Å². The number of methoxy groups -OCH3 is 1. The minimum absolute atomic E-state index is 0.144. The fourth-order valence-corrected chi connectivity index (χ4v) is 4.72. The molecule has 1 aliphatic heterocycles. The molecule has 1 saturated heterocycles. The van der Waals surface area contributed by atoms with Gasteiger partial charge in [0.05, 0.1) is 17.7 Å². The first kappa shape index (κ1) is 19.7. The van der Waals surface area contributed by atoms with E-state index in [-0.39, 0.29) is 10.6 Å². The third-order valence-electron chi connectivity index (χ3n) is 3.73. The van der Waals surface area contributed by atoms with Gasteiger partial charge in [-0.05, 0) is 24.3 Å². The molecule has 10 nitrogen and oxygen atoms in total. The molecule has 2 aromatic rings. The highest BCUT2D eigenvalue weighted by Gasteiger charge is 2.37. The summed E-state index contributed by atoms with van der Waals surface area (Å²) < 4.78 is 71.9. The number of carbonyl (C=O) groups is 1. The van der Waals surface area contributed by atoms with E-state index in [9.17, 15) is 31.1 Å². The molecule has 2 aromatic carbocycles. The molecule has 0 saturated carbocycles. The average Bonchev–Trinajstić information content (AvgIpc) is 2.86. The van der Waals surface area contributed by atoms with Crippen molar-refractivity contribution in [3.63, 3.8) is 0 Å². The molecule has 1 amide bonds. The Kier molecular flexibility index (Phi) is 4.81. The molecular weight excluding hydrogens is 417 g/mol. The number of nitrogens with zero attached hydrogens (tertiary/aromatic N) is 1. The van der Waals surface area contributed by atoms with Crippen molar-refractivity contribution in [1.29, 1.82) is 0 Å². The number of aromatic hydroxyl groups is 1. The third kappa shape index (κ3) is 3.66. The first-order chi connectivity index (χ1) is 13.0. The standard InChI is InChI=1S/C15H14FN3O7S2/c1-26-10-2-4-11(5-3-10)27(22,23)17-9-6-12(16)15(13(20)7-9)19-8-14(21)18-28(19,24)25/h2-7,17,20H,8H2,1H3,(H,18,21). The van der Waals surface area contributed by atoms with E-state index in [1.807, 2.05) is 0 Å². The molecule has 1 heterocycles. The summed E-state index contributed by atoms with van der Waals surface area (Å²) in [6, 6.07) is 6.88. The second kappa shape index (κ2) is 6.83. The Labute approximate surface area is 159 Å². The SMILES string of the molecule is COc1ccc(S(=O)(=O)Nc2cc(O)c(N3CC(=O)NS3(=O)=O)c(F)c2)cc1. The summed E-state index contributed by atoms with van der Waals surface area (Å²) in [7, 11) is -7.05. The fraction of sp³-hybridized carbons (Fsp3) is 0.133. The maximum atomic E-state index is 14.5. The lowest BCUT2D eigenvalue weighted by Gasteiger charge is -2.18. The Morgan fingerprint density at radius 3 is 2.39 bits per heavy atom. The quantitative estimate of drug-likeness (QED) is 0.626. The maximum Gasteiger partial charge on any atom is 0.326 e. The number of benzene rings is 2. The van der Waals surface area contributed by atoms with Gasteiger partial charge in [0.15, 0.2) is 5.82 Å². The molecule has 1 aliphatic rings. The number of hydrogen-bond acceptors (Lipinski definition) is 7. The molecule has 0 unspecified atom stereocenters. The first-order valence-corrected chi connectivity index (χ1v) is 10.5. The van der Waals surface area contributed by atoms with Gasteiger partial charge in [-0.25, -0.2) is 21.8 Å². The van der Waals surface area contributed by atoms with Crippen molar-refractivity contribution >= 4 is 37.5 Å². The van der Waals surface area contributed by atoms with Gasteiger partial charge in [-0.3, -0.25) is 9.52 Å². The molecule has 3 N–H and O–H groups in total. The van der Waals surface area contributed by atoms with Crippen LogP contribution in [0.4, 0.5) is 15.8 Å². The molecular formula is C15H14FN3O7S2. The average molecular weight is 431 g/mol. The van der Waals surface area contributed by atoms with Crippen molar-refractivity contribution in [3.8, 4) is 11.5 Å². The highest BCUT2D eigenvalue weighted by atomic mass is 32.2. The second-order valence-corrected chi connectivity index (χ2v) is 8.92. The van der Waals surface area contributed by atoms with Crippen LogP contribution in [0.1, 0.15) is 0 Å². The molecule has 0 aliphatic carbocycles. The van der Waals surface area contributed by atoms with Crippen molar-refractivity contribution in [2.24, 2.45) is 0 Å². The number of phenolic OH excluding ortho intramolecular Hbond substituents is 1. The zero-order valence-electron chi connectivity index (χ0n) is 14.2. The second-order valence-electron chi connectivity index (χ2n) is 5.64. The molecule has 0 aromatic heterocycles. The largest absolute Gasteiger partial charge is 0.506 e. The number of carbonyl (C=O) groups excluding carboxylic acids is 1. The van der Waals surface area contributed by atoms with Crippen LogP contribution >= 0.6 is 0 Å². The van der Waals surface area contributed by atoms with E-state index in [1.54, 1.807) is 4.72 Å². The van der Waals surface area contributed by atoms with Crippen molar-refractivity contribution in [2.75, 3.05) is 22.7 Å². The van der Waals surface area contributed by atoms with E-state index in [4.69, 9.17) is 4.74 Å². The highest BCUT2D eigenvalue weighted by Crippen LogP contribution is 2.36. The Balaban J connectivity index is 1.93. The Hall–Kier alpha value is -3.06. The fourth-order valence-electron chi connectivity index (χ4n) is 2.51. The monoisotopic (exact) mass is 431 g/mol.